The van der Waals surface area contributed by atoms with Crippen LogP contribution >= 0.6 is 46.4 Å². The van der Waals surface area contributed by atoms with Crippen LogP contribution < -0.4 is 0 Å². The summed E-state index contributed by atoms with van der Waals surface area (Å²) in [5.41, 5.74) is 0. The fraction of sp³-hybridized carbons (Fsp3) is 0. The first-order valence-electron chi connectivity index (χ1n) is 5.99. The van der Waals surface area contributed by atoms with Crippen LogP contribution in [-0.2, 0) is 0 Å². The van der Waals surface area contributed by atoms with Gasteiger partial charge in [-0.15, -0.1) is 0 Å². The van der Waals surface area contributed by atoms with Gasteiger partial charge in [-0.3, -0.25) is 0 Å². The molecule has 0 amide bonds. The normalized spacial score (nSPS) is 12.0. The van der Waals surface area contributed by atoms with Gasteiger partial charge in [0, 0.05) is 16.2 Å². The summed E-state index contributed by atoms with van der Waals surface area (Å²) < 4.78 is 0. The van der Waals surface area contributed by atoms with E-state index in [1.54, 1.807) is 0 Å². The van der Waals surface area contributed by atoms with Crippen LogP contribution in [0.15, 0.2) is 36.4 Å². The zero-order valence-corrected chi connectivity index (χ0v) is 13.0. The molecule has 0 radical (unpaired) electrons. The standard InChI is InChI=1S/C16H6Cl4/c17-10-6-8-3-1-2-7-4-5-9-12(11(7)8)13(10)15(19)16(20)14(9)18/h1-6H. The molecule has 0 aliphatic carbocycles. The van der Waals surface area contributed by atoms with Crippen molar-refractivity contribution in [1.82, 2.24) is 0 Å². The highest BCUT2D eigenvalue weighted by atomic mass is 35.5. The lowest BCUT2D eigenvalue weighted by atomic mass is 9.94. The highest BCUT2D eigenvalue weighted by Crippen LogP contribution is 2.47. The molecule has 0 atom stereocenters. The topological polar surface area (TPSA) is 0 Å². The first kappa shape index (κ1) is 12.8. The number of hydrogen-bond donors (Lipinski definition) is 0. The smallest absolute Gasteiger partial charge is 0.0791 e. The Hall–Kier alpha value is -0.920. The monoisotopic (exact) mass is 338 g/mol. The van der Waals surface area contributed by atoms with E-state index in [4.69, 9.17) is 46.4 Å². The van der Waals surface area contributed by atoms with Crippen molar-refractivity contribution in [3.05, 3.63) is 56.5 Å². The number of benzene rings is 4. The lowest BCUT2D eigenvalue weighted by molar-refractivity contribution is 1.77. The second-order valence-electron chi connectivity index (χ2n) is 4.74. The Kier molecular flexibility index (Phi) is 2.74. The molecule has 0 saturated carbocycles. The molecule has 0 spiro atoms. The van der Waals surface area contributed by atoms with Crippen LogP contribution in [0.1, 0.15) is 0 Å². The van der Waals surface area contributed by atoms with Crippen molar-refractivity contribution < 1.29 is 0 Å². The molecular formula is C16H6Cl4. The van der Waals surface area contributed by atoms with E-state index in [0.717, 1.165) is 32.3 Å². The Bertz CT molecular complexity index is 988. The average Bonchev–Trinajstić information content (AvgIpc) is 2.44. The molecule has 0 saturated heterocycles. The van der Waals surface area contributed by atoms with Gasteiger partial charge < -0.3 is 0 Å². The van der Waals surface area contributed by atoms with Gasteiger partial charge in [-0.1, -0.05) is 76.7 Å². The summed E-state index contributed by atoms with van der Waals surface area (Å²) in [5.74, 6) is 0. The largest absolute Gasteiger partial charge is 0.0836 e. The van der Waals surface area contributed by atoms with Crippen molar-refractivity contribution in [3.63, 3.8) is 0 Å². The third kappa shape index (κ3) is 1.51. The molecule has 20 heavy (non-hydrogen) atoms. The Balaban J connectivity index is 2.50. The summed E-state index contributed by atoms with van der Waals surface area (Å²) in [4.78, 5) is 0. The van der Waals surface area contributed by atoms with Gasteiger partial charge in [0.05, 0.1) is 20.1 Å². The minimum absolute atomic E-state index is 0.348. The molecule has 0 aliphatic heterocycles. The molecule has 4 aromatic carbocycles. The van der Waals surface area contributed by atoms with Crippen LogP contribution in [0.3, 0.4) is 0 Å². The van der Waals surface area contributed by atoms with Crippen LogP contribution in [0.5, 0.6) is 0 Å². The van der Waals surface area contributed by atoms with E-state index in [-0.39, 0.29) is 0 Å². The van der Waals surface area contributed by atoms with Gasteiger partial charge in [0.2, 0.25) is 0 Å². The molecule has 0 N–H and O–H groups in total. The van der Waals surface area contributed by atoms with Crippen LogP contribution in [-0.4, -0.2) is 0 Å². The number of hydrogen-bond acceptors (Lipinski definition) is 0. The third-order valence-electron chi connectivity index (χ3n) is 3.69. The first-order valence-corrected chi connectivity index (χ1v) is 7.50. The highest BCUT2D eigenvalue weighted by Gasteiger charge is 2.19. The van der Waals surface area contributed by atoms with E-state index < -0.39 is 0 Å². The van der Waals surface area contributed by atoms with E-state index >= 15 is 0 Å². The number of rotatable bonds is 0. The summed E-state index contributed by atoms with van der Waals surface area (Å²) in [5, 5.41) is 7.75. The van der Waals surface area contributed by atoms with Crippen LogP contribution in [0.25, 0.3) is 32.3 Å². The molecular weight excluding hydrogens is 334 g/mol. The molecule has 0 aliphatic rings. The summed E-state index contributed by atoms with van der Waals surface area (Å²) in [6.45, 7) is 0. The Morgan fingerprint density at radius 3 is 2.15 bits per heavy atom. The molecule has 4 heteroatoms. The van der Waals surface area contributed by atoms with Gasteiger partial charge >= 0.3 is 0 Å². The molecule has 98 valence electrons. The SMILES string of the molecule is Clc1c(Cl)c2ccc3cccc4cc(Cl)c(c1Cl)c2c34. The molecule has 0 aromatic heterocycles. The lowest BCUT2D eigenvalue weighted by Gasteiger charge is -2.15. The zero-order valence-electron chi connectivity index (χ0n) is 9.98. The van der Waals surface area contributed by atoms with Gasteiger partial charge in [-0.25, -0.2) is 0 Å². The molecule has 0 unspecified atom stereocenters. The van der Waals surface area contributed by atoms with Crippen molar-refractivity contribution in [3.8, 4) is 0 Å². The predicted molar refractivity (Wildman–Crippen MR) is 90.2 cm³/mol. The van der Waals surface area contributed by atoms with E-state index in [1.165, 1.54) is 0 Å². The van der Waals surface area contributed by atoms with Gasteiger partial charge in [0.25, 0.3) is 0 Å². The Labute approximate surface area is 135 Å². The predicted octanol–water partition coefficient (Wildman–Crippen LogP) is 7.20. The maximum atomic E-state index is 6.40. The van der Waals surface area contributed by atoms with Crippen molar-refractivity contribution in [2.24, 2.45) is 0 Å². The van der Waals surface area contributed by atoms with Crippen LogP contribution in [0.4, 0.5) is 0 Å². The summed E-state index contributed by atoms with van der Waals surface area (Å²) in [6, 6.07) is 12.0. The molecule has 0 nitrogen and oxygen atoms in total. The Morgan fingerprint density at radius 1 is 0.600 bits per heavy atom. The lowest BCUT2D eigenvalue weighted by Crippen LogP contribution is -1.88. The fourth-order valence-corrected chi connectivity index (χ4v) is 3.98. The van der Waals surface area contributed by atoms with Crippen molar-refractivity contribution in [2.75, 3.05) is 0 Å². The van der Waals surface area contributed by atoms with E-state index in [2.05, 4.69) is 6.07 Å². The van der Waals surface area contributed by atoms with Crippen molar-refractivity contribution >= 4 is 78.7 Å². The molecule has 0 heterocycles. The molecule has 4 aromatic rings. The Morgan fingerprint density at radius 2 is 1.35 bits per heavy atom. The quantitative estimate of drug-likeness (QED) is 0.235. The second-order valence-corrected chi connectivity index (χ2v) is 6.28. The van der Waals surface area contributed by atoms with Crippen molar-refractivity contribution in [2.45, 2.75) is 0 Å². The molecule has 0 bridgehead atoms. The second kappa shape index (κ2) is 4.29. The maximum absolute atomic E-state index is 6.40. The summed E-state index contributed by atoms with van der Waals surface area (Å²) >= 11 is 25.3. The van der Waals surface area contributed by atoms with E-state index in [0.29, 0.717) is 20.1 Å². The fourth-order valence-electron chi connectivity index (χ4n) is 2.84. The average molecular weight is 340 g/mol. The van der Waals surface area contributed by atoms with Crippen LogP contribution in [0.2, 0.25) is 20.1 Å². The van der Waals surface area contributed by atoms with Gasteiger partial charge in [-0.2, -0.15) is 0 Å². The van der Waals surface area contributed by atoms with Crippen LogP contribution in [0, 0.1) is 0 Å². The van der Waals surface area contributed by atoms with Crippen molar-refractivity contribution in [1.29, 1.82) is 0 Å². The number of halogens is 4. The summed E-state index contributed by atoms with van der Waals surface area (Å²) in [6.07, 6.45) is 0. The van der Waals surface area contributed by atoms with E-state index in [9.17, 15) is 0 Å². The maximum Gasteiger partial charge on any atom is 0.0791 e. The first-order chi connectivity index (χ1) is 9.59. The molecule has 0 fully saturated rings. The summed E-state index contributed by atoms with van der Waals surface area (Å²) in [7, 11) is 0. The third-order valence-corrected chi connectivity index (χ3v) is 5.33. The molecule has 4 rings (SSSR count). The highest BCUT2D eigenvalue weighted by molar-refractivity contribution is 6.56. The van der Waals surface area contributed by atoms with Gasteiger partial charge in [-0.05, 0) is 22.2 Å². The van der Waals surface area contributed by atoms with Gasteiger partial charge in [0.15, 0.2) is 0 Å². The zero-order chi connectivity index (χ0) is 14.0. The minimum Gasteiger partial charge on any atom is -0.0836 e. The van der Waals surface area contributed by atoms with Gasteiger partial charge in [0.1, 0.15) is 0 Å². The van der Waals surface area contributed by atoms with E-state index in [1.807, 2.05) is 30.3 Å². The minimum atomic E-state index is 0.348.